The number of aryl methyl sites for hydroxylation is 1. The van der Waals surface area contributed by atoms with Gasteiger partial charge < -0.3 is 10.3 Å². The van der Waals surface area contributed by atoms with Crippen LogP contribution >= 0.6 is 11.8 Å². The fourth-order valence-electron chi connectivity index (χ4n) is 2.93. The Bertz CT molecular complexity index is 1000. The maximum absolute atomic E-state index is 12.8. The van der Waals surface area contributed by atoms with E-state index < -0.39 is 0 Å². The third-order valence-corrected chi connectivity index (χ3v) is 4.94. The summed E-state index contributed by atoms with van der Waals surface area (Å²) in [5.74, 6) is 0.368. The molecular formula is C18H17N5OS. The van der Waals surface area contributed by atoms with Crippen molar-refractivity contribution in [2.24, 2.45) is 0 Å². The van der Waals surface area contributed by atoms with E-state index >= 15 is 0 Å². The lowest BCUT2D eigenvalue weighted by Crippen LogP contribution is -2.07. The Labute approximate surface area is 149 Å². The van der Waals surface area contributed by atoms with Crippen molar-refractivity contribution in [3.8, 4) is 6.07 Å². The number of nitriles is 1. The molecule has 0 amide bonds. The number of para-hydroxylation sites is 1. The van der Waals surface area contributed by atoms with Gasteiger partial charge in [-0.3, -0.25) is 4.79 Å². The van der Waals surface area contributed by atoms with Crippen LogP contribution in [0.15, 0.2) is 35.6 Å². The summed E-state index contributed by atoms with van der Waals surface area (Å²) in [6.07, 6.45) is 1.38. The number of carbonyl (C=O) groups is 1. The Morgan fingerprint density at radius 3 is 2.84 bits per heavy atom. The molecule has 7 heteroatoms. The number of carbonyl (C=O) groups excluding carboxylic acids is 1. The van der Waals surface area contributed by atoms with Gasteiger partial charge in [0.05, 0.1) is 11.9 Å². The van der Waals surface area contributed by atoms with E-state index in [0.717, 1.165) is 28.7 Å². The van der Waals surface area contributed by atoms with Gasteiger partial charge in [-0.1, -0.05) is 30.0 Å². The summed E-state index contributed by atoms with van der Waals surface area (Å²) in [7, 11) is 0. The Hall–Kier alpha value is -2.85. The molecular weight excluding hydrogens is 334 g/mol. The van der Waals surface area contributed by atoms with Crippen LogP contribution in [0, 0.1) is 18.3 Å². The molecule has 2 aromatic heterocycles. The number of nitrogen functional groups attached to an aromatic ring is 1. The molecule has 0 spiro atoms. The molecule has 2 heterocycles. The van der Waals surface area contributed by atoms with Crippen molar-refractivity contribution >= 4 is 34.3 Å². The zero-order valence-corrected chi connectivity index (χ0v) is 14.8. The third kappa shape index (κ3) is 3.08. The molecule has 0 radical (unpaired) electrons. The fourth-order valence-corrected chi connectivity index (χ4v) is 3.62. The van der Waals surface area contributed by atoms with Crippen molar-refractivity contribution in [1.29, 1.82) is 5.26 Å². The predicted molar refractivity (Wildman–Crippen MR) is 98.6 cm³/mol. The predicted octanol–water partition coefficient (Wildman–Crippen LogP) is 3.19. The van der Waals surface area contributed by atoms with Crippen LogP contribution < -0.4 is 5.73 Å². The highest BCUT2D eigenvalue weighted by molar-refractivity contribution is 7.99. The molecule has 2 N–H and O–H groups in total. The number of nitrogens with zero attached hydrogens (tertiary/aromatic N) is 4. The zero-order valence-electron chi connectivity index (χ0n) is 14.0. The van der Waals surface area contributed by atoms with E-state index in [-0.39, 0.29) is 22.9 Å². The summed E-state index contributed by atoms with van der Waals surface area (Å²) in [5.41, 5.74) is 8.70. The van der Waals surface area contributed by atoms with Crippen molar-refractivity contribution < 1.29 is 4.79 Å². The molecule has 0 saturated heterocycles. The lowest BCUT2D eigenvalue weighted by atomic mass is 10.1. The van der Waals surface area contributed by atoms with Crippen molar-refractivity contribution in [3.63, 3.8) is 0 Å². The summed E-state index contributed by atoms with van der Waals surface area (Å²) >= 11 is 1.22. The number of benzene rings is 1. The average molecular weight is 351 g/mol. The van der Waals surface area contributed by atoms with Crippen LogP contribution in [0.3, 0.4) is 0 Å². The highest BCUT2D eigenvalue weighted by atomic mass is 32.2. The number of hydrogen-bond donors (Lipinski definition) is 1. The first kappa shape index (κ1) is 17.0. The highest BCUT2D eigenvalue weighted by Crippen LogP contribution is 2.28. The second-order valence-corrected chi connectivity index (χ2v) is 6.44. The smallest absolute Gasteiger partial charge is 0.189 e. The van der Waals surface area contributed by atoms with Crippen molar-refractivity contribution in [2.75, 3.05) is 11.5 Å². The molecule has 3 aromatic rings. The number of ketones is 1. The lowest BCUT2D eigenvalue weighted by Gasteiger charge is -2.05. The summed E-state index contributed by atoms with van der Waals surface area (Å²) in [5, 5.41) is 10.2. The first-order chi connectivity index (χ1) is 12.1. The Kier molecular flexibility index (Phi) is 4.72. The van der Waals surface area contributed by atoms with Crippen LogP contribution in [-0.2, 0) is 6.54 Å². The van der Waals surface area contributed by atoms with E-state index in [4.69, 9.17) is 11.0 Å². The molecule has 0 bridgehead atoms. The van der Waals surface area contributed by atoms with Gasteiger partial charge in [0.2, 0.25) is 0 Å². The monoisotopic (exact) mass is 351 g/mol. The van der Waals surface area contributed by atoms with Crippen LogP contribution in [0.25, 0.3) is 10.9 Å². The molecule has 0 aliphatic heterocycles. The van der Waals surface area contributed by atoms with Crippen molar-refractivity contribution in [3.05, 3.63) is 47.3 Å². The van der Waals surface area contributed by atoms with Gasteiger partial charge in [0, 0.05) is 28.7 Å². The number of thioether (sulfide) groups is 1. The molecule has 6 nitrogen and oxygen atoms in total. The number of anilines is 1. The van der Waals surface area contributed by atoms with Gasteiger partial charge in [-0.05, 0) is 19.9 Å². The first-order valence-corrected chi connectivity index (χ1v) is 8.81. The Morgan fingerprint density at radius 2 is 2.16 bits per heavy atom. The number of hydrogen-bond acceptors (Lipinski definition) is 6. The van der Waals surface area contributed by atoms with Gasteiger partial charge in [0.1, 0.15) is 17.5 Å². The number of rotatable bonds is 5. The largest absolute Gasteiger partial charge is 0.382 e. The normalized spacial score (nSPS) is 10.8. The molecule has 0 atom stereocenters. The van der Waals surface area contributed by atoms with Crippen LogP contribution in [0.4, 0.5) is 5.82 Å². The van der Waals surface area contributed by atoms with Crippen LogP contribution in [0.2, 0.25) is 0 Å². The Morgan fingerprint density at radius 1 is 1.40 bits per heavy atom. The van der Waals surface area contributed by atoms with E-state index in [0.29, 0.717) is 5.16 Å². The van der Waals surface area contributed by atoms with Gasteiger partial charge >= 0.3 is 0 Å². The molecule has 0 fully saturated rings. The van der Waals surface area contributed by atoms with E-state index in [9.17, 15) is 4.79 Å². The molecule has 126 valence electrons. The van der Waals surface area contributed by atoms with Crippen molar-refractivity contribution in [1.82, 2.24) is 14.5 Å². The fraction of sp³-hybridized carbons (Fsp3) is 0.222. The van der Waals surface area contributed by atoms with Crippen LogP contribution in [-0.4, -0.2) is 26.1 Å². The molecule has 25 heavy (non-hydrogen) atoms. The maximum Gasteiger partial charge on any atom is 0.189 e. The Balaban J connectivity index is 1.87. The third-order valence-electron chi connectivity index (χ3n) is 4.07. The summed E-state index contributed by atoms with van der Waals surface area (Å²) < 4.78 is 2.14. The van der Waals surface area contributed by atoms with E-state index in [1.165, 1.54) is 18.0 Å². The summed E-state index contributed by atoms with van der Waals surface area (Å²) in [4.78, 5) is 21.0. The minimum absolute atomic E-state index is 0.0254. The van der Waals surface area contributed by atoms with E-state index in [1.807, 2.05) is 37.3 Å². The number of aromatic nitrogens is 3. The topological polar surface area (TPSA) is 97.6 Å². The van der Waals surface area contributed by atoms with Gasteiger partial charge in [0.15, 0.2) is 10.9 Å². The number of nitrogens with two attached hydrogens (primary N) is 1. The maximum atomic E-state index is 12.8. The first-order valence-electron chi connectivity index (χ1n) is 7.83. The number of Topliss-reactive ketones (excluding diaryl/α,β-unsaturated/α-hetero) is 1. The zero-order chi connectivity index (χ0) is 18.0. The minimum atomic E-state index is 0.0254. The second kappa shape index (κ2) is 6.95. The molecule has 0 aliphatic carbocycles. The number of fused-ring (bicyclic) bond motifs is 1. The molecule has 1 aromatic carbocycles. The quantitative estimate of drug-likeness (QED) is 0.431. The molecule has 3 rings (SSSR count). The van der Waals surface area contributed by atoms with Crippen molar-refractivity contribution in [2.45, 2.75) is 25.5 Å². The summed E-state index contributed by atoms with van der Waals surface area (Å²) in [6, 6.07) is 9.84. The standard InChI is InChI=1S/C18H17N5OS/c1-3-23-11(2)16(13-6-4-5-7-14(13)23)15(24)10-25-18-21-9-12(8-19)17(20)22-18/h4-7,9H,3,10H2,1-2H3,(H2,20,21,22). The molecule has 0 aliphatic rings. The van der Waals surface area contributed by atoms with E-state index in [2.05, 4.69) is 21.5 Å². The lowest BCUT2D eigenvalue weighted by molar-refractivity contribution is 0.102. The minimum Gasteiger partial charge on any atom is -0.382 e. The summed E-state index contributed by atoms with van der Waals surface area (Å²) in [6.45, 7) is 4.84. The van der Waals surface area contributed by atoms with E-state index in [1.54, 1.807) is 0 Å². The van der Waals surface area contributed by atoms with Crippen LogP contribution in [0.5, 0.6) is 0 Å². The van der Waals surface area contributed by atoms with Gasteiger partial charge in [0.25, 0.3) is 0 Å². The highest BCUT2D eigenvalue weighted by Gasteiger charge is 2.19. The van der Waals surface area contributed by atoms with Gasteiger partial charge in [-0.15, -0.1) is 0 Å². The van der Waals surface area contributed by atoms with Gasteiger partial charge in [-0.25, -0.2) is 9.97 Å². The molecule has 0 unspecified atom stereocenters. The SMILES string of the molecule is CCn1c(C)c(C(=O)CSc2ncc(C#N)c(N)n2)c2ccccc21. The van der Waals surface area contributed by atoms with Crippen LogP contribution in [0.1, 0.15) is 28.5 Å². The average Bonchev–Trinajstić information content (AvgIpc) is 2.91. The van der Waals surface area contributed by atoms with Gasteiger partial charge in [-0.2, -0.15) is 5.26 Å². The molecule has 0 saturated carbocycles. The second-order valence-electron chi connectivity index (χ2n) is 5.50.